The van der Waals surface area contributed by atoms with E-state index >= 15 is 0 Å². The molecule has 0 aliphatic rings. The lowest BCUT2D eigenvalue weighted by Crippen LogP contribution is -2.33. The number of carboxylic acid groups (broad SMARTS) is 1. The fraction of sp³-hybridized carbons (Fsp3) is 0.250. The number of amides is 1. The Morgan fingerprint density at radius 3 is 2.88 bits per heavy atom. The highest BCUT2D eigenvalue weighted by molar-refractivity contribution is 6.02. The largest absolute Gasteiger partial charge is 0.477 e. The van der Waals surface area contributed by atoms with Crippen LogP contribution in [0.1, 0.15) is 21.0 Å². The van der Waals surface area contributed by atoms with E-state index in [2.05, 4.69) is 15.3 Å². The van der Waals surface area contributed by atoms with Crippen LogP contribution in [0.15, 0.2) is 6.33 Å². The van der Waals surface area contributed by atoms with Crippen LogP contribution < -0.4 is 5.32 Å². The van der Waals surface area contributed by atoms with Crippen molar-refractivity contribution in [3.63, 3.8) is 0 Å². The maximum Gasteiger partial charge on any atom is 0.354 e. The number of nitrogens with zero attached hydrogens (tertiary/aromatic N) is 1. The second kappa shape index (κ2) is 5.03. The number of hydrogen-bond donors (Lipinski definition) is 4. The average Bonchev–Trinajstić information content (AvgIpc) is 2.74. The highest BCUT2D eigenvalue weighted by Gasteiger charge is 2.19. The van der Waals surface area contributed by atoms with Crippen LogP contribution in [-0.4, -0.2) is 51.0 Å². The van der Waals surface area contributed by atoms with Gasteiger partial charge in [0.05, 0.1) is 12.9 Å². The number of hydrogen-bond acceptors (Lipinski definition) is 5. The number of aromatic amines is 1. The first kappa shape index (κ1) is 11.9. The van der Waals surface area contributed by atoms with E-state index in [1.807, 2.05) is 0 Å². The molecule has 1 atom stereocenters. The minimum Gasteiger partial charge on any atom is -0.477 e. The van der Waals surface area contributed by atoms with Crippen LogP contribution in [0.4, 0.5) is 0 Å². The van der Waals surface area contributed by atoms with E-state index in [0.717, 1.165) is 6.33 Å². The van der Waals surface area contributed by atoms with Crippen molar-refractivity contribution < 1.29 is 24.6 Å². The summed E-state index contributed by atoms with van der Waals surface area (Å²) in [6.07, 6.45) is -0.00607. The van der Waals surface area contributed by atoms with Crippen molar-refractivity contribution >= 4 is 18.2 Å². The maximum absolute atomic E-state index is 11.4. The van der Waals surface area contributed by atoms with Crippen LogP contribution in [0.25, 0.3) is 0 Å². The van der Waals surface area contributed by atoms with Crippen LogP contribution in [0.2, 0.25) is 0 Å². The molecule has 0 saturated heterocycles. The summed E-state index contributed by atoms with van der Waals surface area (Å²) < 4.78 is 0. The molecule has 1 amide bonds. The number of aliphatic hydroxyl groups excluding tert-OH is 1. The standard InChI is InChI=1S/C8H9N3O5/c12-2-4(13)1-9-7(14)5-6(8(15)16)11-3-10-5/h2-4,13H,1H2,(H,9,14)(H,10,11)(H,15,16). The summed E-state index contributed by atoms with van der Waals surface area (Å²) in [6.45, 7) is -0.297. The molecule has 1 unspecified atom stereocenters. The zero-order chi connectivity index (χ0) is 12.1. The Morgan fingerprint density at radius 2 is 2.31 bits per heavy atom. The third kappa shape index (κ3) is 2.64. The molecule has 8 nitrogen and oxygen atoms in total. The molecule has 1 aromatic rings. The van der Waals surface area contributed by atoms with Gasteiger partial charge in [0.1, 0.15) is 12.4 Å². The number of carboxylic acids is 1. The average molecular weight is 227 g/mol. The molecule has 1 rings (SSSR count). The smallest absolute Gasteiger partial charge is 0.354 e. The Morgan fingerprint density at radius 1 is 1.62 bits per heavy atom. The fourth-order valence-corrected chi connectivity index (χ4v) is 0.959. The lowest BCUT2D eigenvalue weighted by atomic mass is 10.3. The van der Waals surface area contributed by atoms with Gasteiger partial charge in [-0.05, 0) is 0 Å². The number of aliphatic hydroxyl groups is 1. The zero-order valence-corrected chi connectivity index (χ0v) is 8.01. The summed E-state index contributed by atoms with van der Waals surface area (Å²) in [5.74, 6) is -2.10. The van der Waals surface area contributed by atoms with Crippen molar-refractivity contribution in [2.24, 2.45) is 0 Å². The number of aromatic nitrogens is 2. The number of aldehydes is 1. The molecule has 0 radical (unpaired) electrons. The van der Waals surface area contributed by atoms with Crippen LogP contribution >= 0.6 is 0 Å². The Kier molecular flexibility index (Phi) is 3.72. The Labute approximate surface area is 89.3 Å². The minimum absolute atomic E-state index is 0.253. The second-order valence-electron chi connectivity index (χ2n) is 2.84. The number of carbonyl (C=O) groups excluding carboxylic acids is 2. The van der Waals surface area contributed by atoms with Gasteiger partial charge in [-0.25, -0.2) is 9.78 Å². The summed E-state index contributed by atoms with van der Waals surface area (Å²) in [5.41, 5.74) is -0.649. The minimum atomic E-state index is -1.32. The van der Waals surface area contributed by atoms with E-state index in [-0.39, 0.29) is 24.2 Å². The lowest BCUT2D eigenvalue weighted by Gasteiger charge is -2.04. The molecule has 0 fully saturated rings. The number of H-pyrrole nitrogens is 1. The Hall–Kier alpha value is -2.22. The van der Waals surface area contributed by atoms with Gasteiger partial charge in [-0.3, -0.25) is 4.79 Å². The third-order valence-electron chi connectivity index (χ3n) is 1.70. The first-order chi connectivity index (χ1) is 7.56. The molecule has 0 saturated carbocycles. The molecular formula is C8H9N3O5. The molecule has 0 aromatic carbocycles. The molecule has 4 N–H and O–H groups in total. The normalized spacial score (nSPS) is 11.8. The van der Waals surface area contributed by atoms with E-state index in [1.54, 1.807) is 0 Å². The van der Waals surface area contributed by atoms with E-state index in [9.17, 15) is 14.4 Å². The van der Waals surface area contributed by atoms with Gasteiger partial charge in [0.2, 0.25) is 0 Å². The first-order valence-electron chi connectivity index (χ1n) is 4.24. The predicted octanol–water partition coefficient (Wildman–Crippen LogP) is -1.60. The molecule has 0 bridgehead atoms. The molecule has 0 spiro atoms. The van der Waals surface area contributed by atoms with Crippen molar-refractivity contribution in [3.05, 3.63) is 17.7 Å². The van der Waals surface area contributed by atoms with Gasteiger partial charge in [0.25, 0.3) is 5.91 Å². The third-order valence-corrected chi connectivity index (χ3v) is 1.70. The molecule has 16 heavy (non-hydrogen) atoms. The Balaban J connectivity index is 2.69. The number of rotatable bonds is 5. The highest BCUT2D eigenvalue weighted by Crippen LogP contribution is 2.02. The summed E-state index contributed by atoms with van der Waals surface area (Å²) in [4.78, 5) is 37.9. The summed E-state index contributed by atoms with van der Waals surface area (Å²) in [5, 5.41) is 19.7. The second-order valence-corrected chi connectivity index (χ2v) is 2.84. The maximum atomic E-state index is 11.4. The number of aromatic carboxylic acids is 1. The lowest BCUT2D eigenvalue weighted by molar-refractivity contribution is -0.114. The molecule has 0 aliphatic heterocycles. The van der Waals surface area contributed by atoms with E-state index in [4.69, 9.17) is 10.2 Å². The topological polar surface area (TPSA) is 132 Å². The van der Waals surface area contributed by atoms with Crippen LogP contribution in [0, 0.1) is 0 Å². The summed E-state index contributed by atoms with van der Waals surface area (Å²) in [6, 6.07) is 0. The van der Waals surface area contributed by atoms with Crippen molar-refractivity contribution in [1.29, 1.82) is 0 Å². The molecule has 1 heterocycles. The van der Waals surface area contributed by atoms with Crippen molar-refractivity contribution in [1.82, 2.24) is 15.3 Å². The number of carbonyl (C=O) groups is 3. The van der Waals surface area contributed by atoms with E-state index < -0.39 is 18.0 Å². The van der Waals surface area contributed by atoms with Crippen LogP contribution in [0.5, 0.6) is 0 Å². The SMILES string of the molecule is O=CC(O)CNC(=O)c1nc[nH]c1C(=O)O. The molecule has 8 heteroatoms. The molecule has 0 aliphatic carbocycles. The van der Waals surface area contributed by atoms with Crippen molar-refractivity contribution in [2.45, 2.75) is 6.10 Å². The first-order valence-corrected chi connectivity index (χ1v) is 4.24. The monoisotopic (exact) mass is 227 g/mol. The van der Waals surface area contributed by atoms with Crippen molar-refractivity contribution in [3.8, 4) is 0 Å². The highest BCUT2D eigenvalue weighted by atomic mass is 16.4. The van der Waals surface area contributed by atoms with Gasteiger partial charge in [-0.1, -0.05) is 0 Å². The van der Waals surface area contributed by atoms with E-state index in [1.165, 1.54) is 0 Å². The van der Waals surface area contributed by atoms with Crippen LogP contribution in [0.3, 0.4) is 0 Å². The van der Waals surface area contributed by atoms with Crippen LogP contribution in [-0.2, 0) is 4.79 Å². The predicted molar refractivity (Wildman–Crippen MR) is 50.0 cm³/mol. The number of nitrogens with one attached hydrogen (secondary N) is 2. The molecule has 1 aromatic heterocycles. The molecular weight excluding hydrogens is 218 g/mol. The summed E-state index contributed by atoms with van der Waals surface area (Å²) in [7, 11) is 0. The van der Waals surface area contributed by atoms with E-state index in [0.29, 0.717) is 0 Å². The van der Waals surface area contributed by atoms with Gasteiger partial charge < -0.3 is 25.3 Å². The number of imidazole rings is 1. The van der Waals surface area contributed by atoms with Gasteiger partial charge in [-0.2, -0.15) is 0 Å². The van der Waals surface area contributed by atoms with Crippen molar-refractivity contribution in [2.75, 3.05) is 6.54 Å². The quantitative estimate of drug-likeness (QED) is 0.448. The Bertz CT molecular complexity index is 414. The zero-order valence-electron chi connectivity index (χ0n) is 8.01. The molecule has 86 valence electrons. The van der Waals surface area contributed by atoms with Gasteiger partial charge in [0.15, 0.2) is 11.4 Å². The summed E-state index contributed by atoms with van der Waals surface area (Å²) >= 11 is 0. The van der Waals surface area contributed by atoms with Gasteiger partial charge in [0, 0.05) is 0 Å². The fourth-order valence-electron chi connectivity index (χ4n) is 0.959. The van der Waals surface area contributed by atoms with Gasteiger partial charge >= 0.3 is 5.97 Å². The van der Waals surface area contributed by atoms with Gasteiger partial charge in [-0.15, -0.1) is 0 Å².